The van der Waals surface area contributed by atoms with Crippen LogP contribution in [0.2, 0.25) is 5.02 Å². The number of hydrogen-bond donors (Lipinski definition) is 1. The van der Waals surface area contributed by atoms with Gasteiger partial charge in [-0.2, -0.15) is 0 Å². The Balaban J connectivity index is 2.00. The molecule has 0 aliphatic carbocycles. The molecule has 6 heteroatoms. The lowest BCUT2D eigenvalue weighted by Crippen LogP contribution is -2.30. The van der Waals surface area contributed by atoms with E-state index >= 15 is 0 Å². The van der Waals surface area contributed by atoms with E-state index in [2.05, 4.69) is 10.5 Å². The lowest BCUT2D eigenvalue weighted by molar-refractivity contribution is -0.122. The Labute approximate surface area is 121 Å². The molecule has 1 N–H and O–H groups in total. The summed E-state index contributed by atoms with van der Waals surface area (Å²) in [6.45, 7) is 5.28. The van der Waals surface area contributed by atoms with Crippen molar-refractivity contribution in [2.24, 2.45) is 0 Å². The zero-order chi connectivity index (χ0) is 14.7. The summed E-state index contributed by atoms with van der Waals surface area (Å²) in [5, 5.41) is 6.94. The van der Waals surface area contributed by atoms with E-state index in [0.717, 1.165) is 5.56 Å². The smallest absolute Gasteiger partial charge is 0.266 e. The van der Waals surface area contributed by atoms with E-state index in [4.69, 9.17) is 20.9 Å². The second-order valence-electron chi connectivity index (χ2n) is 4.48. The largest absolute Gasteiger partial charge is 0.481 e. The van der Waals surface area contributed by atoms with Gasteiger partial charge < -0.3 is 14.6 Å². The first kappa shape index (κ1) is 14.4. The van der Waals surface area contributed by atoms with E-state index < -0.39 is 6.10 Å². The number of aromatic nitrogens is 1. The van der Waals surface area contributed by atoms with Gasteiger partial charge in [0.25, 0.3) is 5.91 Å². The molecule has 0 saturated carbocycles. The molecule has 106 valence electrons. The normalized spacial score (nSPS) is 12.0. The van der Waals surface area contributed by atoms with Crippen LogP contribution in [0.5, 0.6) is 5.75 Å². The minimum Gasteiger partial charge on any atom is -0.481 e. The van der Waals surface area contributed by atoms with Crippen molar-refractivity contribution < 1.29 is 14.1 Å². The SMILES string of the molecule is Cc1cc(NC(=O)C(C)Oc2ccc(Cl)cc2C)no1. The van der Waals surface area contributed by atoms with E-state index in [0.29, 0.717) is 22.4 Å². The predicted octanol–water partition coefficient (Wildman–Crippen LogP) is 3.35. The topological polar surface area (TPSA) is 64.4 Å². The number of carbonyl (C=O) groups is 1. The van der Waals surface area contributed by atoms with Gasteiger partial charge in [-0.25, -0.2) is 0 Å². The average Bonchev–Trinajstić information content (AvgIpc) is 2.78. The lowest BCUT2D eigenvalue weighted by Gasteiger charge is -2.15. The lowest BCUT2D eigenvalue weighted by atomic mass is 10.2. The highest BCUT2D eigenvalue weighted by Gasteiger charge is 2.17. The monoisotopic (exact) mass is 294 g/mol. The van der Waals surface area contributed by atoms with Crippen LogP contribution in [0.25, 0.3) is 0 Å². The molecule has 0 aliphatic rings. The molecule has 0 fully saturated rings. The van der Waals surface area contributed by atoms with Crippen molar-refractivity contribution in [1.29, 1.82) is 0 Å². The summed E-state index contributed by atoms with van der Waals surface area (Å²) in [7, 11) is 0. The molecule has 2 rings (SSSR count). The number of rotatable bonds is 4. The summed E-state index contributed by atoms with van der Waals surface area (Å²) >= 11 is 5.87. The maximum atomic E-state index is 12.0. The Morgan fingerprint density at radius 1 is 1.40 bits per heavy atom. The van der Waals surface area contributed by atoms with Crippen molar-refractivity contribution in [3.8, 4) is 5.75 Å². The number of carbonyl (C=O) groups excluding carboxylic acids is 1. The number of ether oxygens (including phenoxy) is 1. The maximum absolute atomic E-state index is 12.0. The Bertz CT molecular complexity index is 625. The summed E-state index contributed by atoms with van der Waals surface area (Å²) in [5.74, 6) is 1.32. The highest BCUT2D eigenvalue weighted by molar-refractivity contribution is 6.30. The Morgan fingerprint density at radius 3 is 2.75 bits per heavy atom. The van der Waals surface area contributed by atoms with Gasteiger partial charge >= 0.3 is 0 Å². The zero-order valence-electron chi connectivity index (χ0n) is 11.4. The highest BCUT2D eigenvalue weighted by Crippen LogP contribution is 2.23. The van der Waals surface area contributed by atoms with E-state index in [1.807, 2.05) is 6.92 Å². The third kappa shape index (κ3) is 3.51. The number of anilines is 1. The molecule has 1 amide bonds. The standard InChI is InChI=1S/C14H15ClN2O3/c1-8-6-11(15)4-5-12(8)19-10(3)14(18)16-13-7-9(2)20-17-13/h4-7,10H,1-3H3,(H,16,17,18). The second-order valence-corrected chi connectivity index (χ2v) is 4.92. The van der Waals surface area contributed by atoms with Gasteiger partial charge in [-0.15, -0.1) is 0 Å². The molecule has 1 heterocycles. The van der Waals surface area contributed by atoms with E-state index in [1.165, 1.54) is 0 Å². The number of hydrogen-bond acceptors (Lipinski definition) is 4. The van der Waals surface area contributed by atoms with Gasteiger partial charge in [0.1, 0.15) is 11.5 Å². The summed E-state index contributed by atoms with van der Waals surface area (Å²) in [6.07, 6.45) is -0.660. The Morgan fingerprint density at radius 2 is 2.15 bits per heavy atom. The van der Waals surface area contributed by atoms with Gasteiger partial charge in [0.2, 0.25) is 0 Å². The maximum Gasteiger partial charge on any atom is 0.266 e. The molecule has 2 aromatic rings. The first-order valence-corrected chi connectivity index (χ1v) is 6.50. The fourth-order valence-electron chi connectivity index (χ4n) is 1.64. The number of nitrogens with zero attached hydrogens (tertiary/aromatic N) is 1. The molecular weight excluding hydrogens is 280 g/mol. The molecule has 0 saturated heterocycles. The third-order valence-corrected chi connectivity index (χ3v) is 2.92. The minimum atomic E-state index is -0.660. The van der Waals surface area contributed by atoms with E-state index in [9.17, 15) is 4.79 Å². The molecule has 1 atom stereocenters. The summed E-state index contributed by atoms with van der Waals surface area (Å²) in [6, 6.07) is 6.87. The molecular formula is C14H15ClN2O3. The molecule has 1 aromatic heterocycles. The molecule has 0 bridgehead atoms. The average molecular weight is 295 g/mol. The Kier molecular flexibility index (Phi) is 4.29. The highest BCUT2D eigenvalue weighted by atomic mass is 35.5. The van der Waals surface area contributed by atoms with Crippen molar-refractivity contribution >= 4 is 23.3 Å². The van der Waals surface area contributed by atoms with Crippen LogP contribution in [-0.2, 0) is 4.79 Å². The number of amides is 1. The van der Waals surface area contributed by atoms with Crippen LogP contribution in [0.1, 0.15) is 18.2 Å². The van der Waals surface area contributed by atoms with Crippen molar-refractivity contribution in [2.75, 3.05) is 5.32 Å². The van der Waals surface area contributed by atoms with Crippen LogP contribution in [0, 0.1) is 13.8 Å². The molecule has 0 spiro atoms. The predicted molar refractivity (Wildman–Crippen MR) is 76.1 cm³/mol. The van der Waals surface area contributed by atoms with Crippen LogP contribution in [0.4, 0.5) is 5.82 Å². The molecule has 20 heavy (non-hydrogen) atoms. The van der Waals surface area contributed by atoms with Gasteiger partial charge in [0.15, 0.2) is 11.9 Å². The second kappa shape index (κ2) is 5.96. The zero-order valence-corrected chi connectivity index (χ0v) is 12.2. The summed E-state index contributed by atoms with van der Waals surface area (Å²) in [4.78, 5) is 12.0. The van der Waals surface area contributed by atoms with Gasteiger partial charge in [-0.05, 0) is 44.5 Å². The van der Waals surface area contributed by atoms with Crippen molar-refractivity contribution in [3.63, 3.8) is 0 Å². The van der Waals surface area contributed by atoms with Crippen LogP contribution >= 0.6 is 11.6 Å². The Hall–Kier alpha value is -2.01. The quantitative estimate of drug-likeness (QED) is 0.939. The summed E-state index contributed by atoms with van der Waals surface area (Å²) < 4.78 is 10.5. The first-order valence-electron chi connectivity index (χ1n) is 6.12. The van der Waals surface area contributed by atoms with Gasteiger partial charge in [-0.3, -0.25) is 4.79 Å². The minimum absolute atomic E-state index is 0.298. The first-order chi connectivity index (χ1) is 9.45. The molecule has 0 radical (unpaired) electrons. The van der Waals surface area contributed by atoms with E-state index in [1.54, 1.807) is 38.1 Å². The van der Waals surface area contributed by atoms with Crippen molar-refractivity contribution in [3.05, 3.63) is 40.6 Å². The van der Waals surface area contributed by atoms with Gasteiger partial charge in [-0.1, -0.05) is 16.8 Å². The number of benzene rings is 1. The number of nitrogens with one attached hydrogen (secondary N) is 1. The molecule has 1 unspecified atom stereocenters. The third-order valence-electron chi connectivity index (χ3n) is 2.69. The van der Waals surface area contributed by atoms with E-state index in [-0.39, 0.29) is 5.91 Å². The van der Waals surface area contributed by atoms with Crippen molar-refractivity contribution in [1.82, 2.24) is 5.16 Å². The molecule has 0 aliphatic heterocycles. The molecule has 1 aromatic carbocycles. The van der Waals surface area contributed by atoms with Crippen LogP contribution in [-0.4, -0.2) is 17.2 Å². The number of aryl methyl sites for hydroxylation is 2. The van der Waals surface area contributed by atoms with Crippen molar-refractivity contribution in [2.45, 2.75) is 26.9 Å². The fraction of sp³-hybridized carbons (Fsp3) is 0.286. The van der Waals surface area contributed by atoms with Crippen LogP contribution in [0.15, 0.2) is 28.8 Å². The van der Waals surface area contributed by atoms with Crippen LogP contribution in [0.3, 0.4) is 0 Å². The van der Waals surface area contributed by atoms with Crippen LogP contribution < -0.4 is 10.1 Å². The fourth-order valence-corrected chi connectivity index (χ4v) is 1.87. The van der Waals surface area contributed by atoms with Gasteiger partial charge in [0.05, 0.1) is 0 Å². The number of halogens is 1. The van der Waals surface area contributed by atoms with Gasteiger partial charge in [0, 0.05) is 11.1 Å². The summed E-state index contributed by atoms with van der Waals surface area (Å²) in [5.41, 5.74) is 0.870. The molecule has 5 nitrogen and oxygen atoms in total.